The zero-order valence-corrected chi connectivity index (χ0v) is 17.2. The molecule has 30 heavy (non-hydrogen) atoms. The average Bonchev–Trinajstić information content (AvgIpc) is 3.26. The molecular weight excluding hydrogens is 402 g/mol. The van der Waals surface area contributed by atoms with E-state index >= 15 is 0 Å². The number of thioether (sulfide) groups is 1. The van der Waals surface area contributed by atoms with Gasteiger partial charge in [-0.1, -0.05) is 42.1 Å². The van der Waals surface area contributed by atoms with Crippen molar-refractivity contribution in [3.05, 3.63) is 60.7 Å². The molecule has 3 aromatic carbocycles. The number of carbonyl (C=O) groups is 1. The number of hydrogen-bond acceptors (Lipinski definition) is 7. The number of benzene rings is 3. The van der Waals surface area contributed by atoms with Gasteiger partial charge in [0.25, 0.3) is 5.22 Å². The maximum atomic E-state index is 12.3. The lowest BCUT2D eigenvalue weighted by Crippen LogP contribution is -2.14. The van der Waals surface area contributed by atoms with Crippen molar-refractivity contribution in [2.45, 2.75) is 5.22 Å². The Kier molecular flexibility index (Phi) is 5.85. The Labute approximate surface area is 177 Å². The van der Waals surface area contributed by atoms with E-state index in [0.717, 1.165) is 16.3 Å². The molecule has 1 amide bonds. The molecule has 0 fully saturated rings. The maximum Gasteiger partial charge on any atom is 0.277 e. The van der Waals surface area contributed by atoms with Gasteiger partial charge >= 0.3 is 0 Å². The second-order valence-corrected chi connectivity index (χ2v) is 7.30. The number of ether oxygens (including phenoxy) is 2. The van der Waals surface area contributed by atoms with Gasteiger partial charge in [-0.25, -0.2) is 0 Å². The fourth-order valence-corrected chi connectivity index (χ4v) is 3.47. The van der Waals surface area contributed by atoms with Gasteiger partial charge in [0.1, 0.15) is 11.5 Å². The van der Waals surface area contributed by atoms with Crippen LogP contribution in [0.5, 0.6) is 11.5 Å². The van der Waals surface area contributed by atoms with E-state index in [4.69, 9.17) is 13.9 Å². The largest absolute Gasteiger partial charge is 0.497 e. The van der Waals surface area contributed by atoms with Crippen molar-refractivity contribution in [2.24, 2.45) is 0 Å². The molecule has 0 atom stereocenters. The summed E-state index contributed by atoms with van der Waals surface area (Å²) in [5.41, 5.74) is 1.42. The highest BCUT2D eigenvalue weighted by Crippen LogP contribution is 2.28. The van der Waals surface area contributed by atoms with Crippen LogP contribution in [0.2, 0.25) is 0 Å². The van der Waals surface area contributed by atoms with Crippen molar-refractivity contribution >= 4 is 34.1 Å². The van der Waals surface area contributed by atoms with E-state index in [2.05, 4.69) is 15.5 Å². The SMILES string of the molecule is COc1cc(NC(=O)CSc2nnc(-c3ccc4ccccc4c3)o2)cc(OC)c1. The fourth-order valence-electron chi connectivity index (χ4n) is 2.91. The van der Waals surface area contributed by atoms with Crippen LogP contribution in [0.1, 0.15) is 0 Å². The van der Waals surface area contributed by atoms with Gasteiger partial charge in [0.05, 0.1) is 20.0 Å². The number of aromatic nitrogens is 2. The van der Waals surface area contributed by atoms with Crippen molar-refractivity contribution < 1.29 is 18.7 Å². The molecule has 0 bridgehead atoms. The van der Waals surface area contributed by atoms with E-state index in [0.29, 0.717) is 28.3 Å². The van der Waals surface area contributed by atoms with Gasteiger partial charge < -0.3 is 19.2 Å². The number of anilines is 1. The number of fused-ring (bicyclic) bond motifs is 1. The van der Waals surface area contributed by atoms with Crippen LogP contribution in [0.15, 0.2) is 70.3 Å². The molecule has 0 saturated carbocycles. The Morgan fingerprint density at radius 3 is 2.43 bits per heavy atom. The van der Waals surface area contributed by atoms with E-state index in [1.807, 2.05) is 42.5 Å². The highest BCUT2D eigenvalue weighted by atomic mass is 32.2. The number of nitrogens with zero attached hydrogens (tertiary/aromatic N) is 2. The number of methoxy groups -OCH3 is 2. The molecule has 0 saturated heterocycles. The summed E-state index contributed by atoms with van der Waals surface area (Å²) in [5.74, 6) is 1.52. The lowest BCUT2D eigenvalue weighted by molar-refractivity contribution is -0.113. The van der Waals surface area contributed by atoms with Crippen molar-refractivity contribution in [1.29, 1.82) is 0 Å². The van der Waals surface area contributed by atoms with Crippen molar-refractivity contribution in [2.75, 3.05) is 25.3 Å². The van der Waals surface area contributed by atoms with Gasteiger partial charge in [-0.2, -0.15) is 0 Å². The molecule has 7 nitrogen and oxygen atoms in total. The zero-order valence-electron chi connectivity index (χ0n) is 16.4. The van der Waals surface area contributed by atoms with Crippen LogP contribution in [0.4, 0.5) is 5.69 Å². The molecule has 1 heterocycles. The molecule has 0 radical (unpaired) electrons. The summed E-state index contributed by atoms with van der Waals surface area (Å²) in [4.78, 5) is 12.3. The highest BCUT2D eigenvalue weighted by Gasteiger charge is 2.12. The number of rotatable bonds is 7. The predicted octanol–water partition coefficient (Wildman–Crippen LogP) is 4.64. The van der Waals surface area contributed by atoms with Crippen LogP contribution in [0.3, 0.4) is 0 Å². The Bertz CT molecular complexity index is 1170. The molecule has 0 spiro atoms. The summed E-state index contributed by atoms with van der Waals surface area (Å²) in [6.45, 7) is 0. The average molecular weight is 421 g/mol. The molecule has 4 aromatic rings. The minimum atomic E-state index is -0.208. The number of hydrogen-bond donors (Lipinski definition) is 1. The molecule has 4 rings (SSSR count). The third-order valence-corrected chi connectivity index (χ3v) is 5.18. The van der Waals surface area contributed by atoms with Gasteiger partial charge in [0, 0.05) is 29.4 Å². The number of amides is 1. The highest BCUT2D eigenvalue weighted by molar-refractivity contribution is 7.99. The molecule has 0 aliphatic carbocycles. The minimum Gasteiger partial charge on any atom is -0.497 e. The topological polar surface area (TPSA) is 86.5 Å². The third kappa shape index (κ3) is 4.55. The van der Waals surface area contributed by atoms with Gasteiger partial charge in [0.2, 0.25) is 11.8 Å². The predicted molar refractivity (Wildman–Crippen MR) is 116 cm³/mol. The van der Waals surface area contributed by atoms with E-state index < -0.39 is 0 Å². The van der Waals surface area contributed by atoms with Crippen LogP contribution < -0.4 is 14.8 Å². The lowest BCUT2D eigenvalue weighted by Gasteiger charge is -2.09. The molecule has 1 aromatic heterocycles. The van der Waals surface area contributed by atoms with E-state index in [1.165, 1.54) is 11.8 Å². The van der Waals surface area contributed by atoms with Crippen molar-refractivity contribution in [1.82, 2.24) is 10.2 Å². The second-order valence-electron chi connectivity index (χ2n) is 6.37. The van der Waals surface area contributed by atoms with E-state index in [1.54, 1.807) is 32.4 Å². The standard InChI is InChI=1S/C22H19N3O4S/c1-27-18-10-17(11-19(12-18)28-2)23-20(26)13-30-22-25-24-21(29-22)16-8-7-14-5-3-4-6-15(14)9-16/h3-12H,13H2,1-2H3,(H,23,26). The van der Waals surface area contributed by atoms with Crippen LogP contribution in [0, 0.1) is 0 Å². The molecule has 0 unspecified atom stereocenters. The normalized spacial score (nSPS) is 10.7. The van der Waals surface area contributed by atoms with E-state index in [9.17, 15) is 4.79 Å². The molecule has 8 heteroatoms. The number of nitrogens with one attached hydrogen (secondary N) is 1. The zero-order chi connectivity index (χ0) is 20.9. The maximum absolute atomic E-state index is 12.3. The van der Waals surface area contributed by atoms with Gasteiger partial charge in [0.15, 0.2) is 0 Å². The van der Waals surface area contributed by atoms with Gasteiger partial charge in [-0.05, 0) is 22.9 Å². The monoisotopic (exact) mass is 421 g/mol. The minimum absolute atomic E-state index is 0.124. The first-order chi connectivity index (χ1) is 14.6. The molecule has 0 aliphatic rings. The Hall–Kier alpha value is -3.52. The first kappa shape index (κ1) is 19.8. The Morgan fingerprint density at radius 2 is 1.70 bits per heavy atom. The third-order valence-electron chi connectivity index (χ3n) is 4.36. The Balaban J connectivity index is 1.40. The molecule has 1 N–H and O–H groups in total. The lowest BCUT2D eigenvalue weighted by atomic mass is 10.1. The van der Waals surface area contributed by atoms with E-state index in [-0.39, 0.29) is 11.7 Å². The first-order valence-corrected chi connectivity index (χ1v) is 10.1. The summed E-state index contributed by atoms with van der Waals surface area (Å²) in [6, 6.07) is 19.2. The molecular formula is C22H19N3O4S. The molecule has 152 valence electrons. The first-order valence-electron chi connectivity index (χ1n) is 9.13. The Morgan fingerprint density at radius 1 is 0.967 bits per heavy atom. The van der Waals surface area contributed by atoms with Gasteiger partial charge in [-0.3, -0.25) is 4.79 Å². The van der Waals surface area contributed by atoms with Crippen LogP contribution in [-0.2, 0) is 4.79 Å². The van der Waals surface area contributed by atoms with Gasteiger partial charge in [-0.15, -0.1) is 10.2 Å². The summed E-state index contributed by atoms with van der Waals surface area (Å²) in [5, 5.41) is 13.5. The fraction of sp³-hybridized carbons (Fsp3) is 0.136. The molecule has 0 aliphatic heterocycles. The van der Waals surface area contributed by atoms with Crippen molar-refractivity contribution in [3.63, 3.8) is 0 Å². The smallest absolute Gasteiger partial charge is 0.277 e. The number of carbonyl (C=O) groups excluding carboxylic acids is 1. The summed E-state index contributed by atoms with van der Waals surface area (Å²) >= 11 is 1.17. The summed E-state index contributed by atoms with van der Waals surface area (Å²) in [7, 11) is 3.11. The van der Waals surface area contributed by atoms with Crippen LogP contribution >= 0.6 is 11.8 Å². The second kappa shape index (κ2) is 8.87. The summed E-state index contributed by atoms with van der Waals surface area (Å²) in [6.07, 6.45) is 0. The van der Waals surface area contributed by atoms with Crippen LogP contribution in [-0.4, -0.2) is 36.1 Å². The van der Waals surface area contributed by atoms with Crippen molar-refractivity contribution in [3.8, 4) is 23.0 Å². The summed E-state index contributed by atoms with van der Waals surface area (Å²) < 4.78 is 16.1. The van der Waals surface area contributed by atoms with Crippen LogP contribution in [0.25, 0.3) is 22.2 Å². The quantitative estimate of drug-likeness (QED) is 0.435.